The monoisotopic (exact) mass is 425 g/mol. The van der Waals surface area contributed by atoms with E-state index in [2.05, 4.69) is 0 Å². The van der Waals surface area contributed by atoms with Crippen LogP contribution in [0.25, 0.3) is 0 Å². The van der Waals surface area contributed by atoms with Gasteiger partial charge in [-0.05, 0) is 59.2 Å². The van der Waals surface area contributed by atoms with Crippen LogP contribution >= 0.6 is 0 Å². The number of rotatable bonds is 4. The molecular weight excluding hydrogens is 405 g/mol. The normalized spacial score (nSPS) is 14.4. The lowest BCUT2D eigenvalue weighted by Crippen LogP contribution is -2.42. The Bertz CT molecular complexity index is 1240. The Balaban J connectivity index is 1.74. The van der Waals surface area contributed by atoms with Gasteiger partial charge in [-0.2, -0.15) is 0 Å². The Morgan fingerprint density at radius 1 is 0.719 bits per heavy atom. The van der Waals surface area contributed by atoms with Crippen LogP contribution in [0.4, 0.5) is 10.1 Å². The molecule has 4 aromatic carbocycles. The molecule has 1 aliphatic rings. The molecule has 0 saturated heterocycles. The Morgan fingerprint density at radius 2 is 1.25 bits per heavy atom. The smallest absolute Gasteiger partial charge is 0.247 e. The van der Waals surface area contributed by atoms with Crippen molar-refractivity contribution in [2.24, 2.45) is 0 Å². The lowest BCUT2D eigenvalue weighted by molar-refractivity contribution is -0.120. The van der Waals surface area contributed by atoms with Crippen LogP contribution in [0.15, 0.2) is 97.1 Å². The molecular formula is C27H20FNO3. The third-order valence-electron chi connectivity index (χ3n) is 6.02. The molecule has 1 heterocycles. The van der Waals surface area contributed by atoms with Crippen molar-refractivity contribution in [3.8, 4) is 11.5 Å². The highest BCUT2D eigenvalue weighted by molar-refractivity contribution is 6.12. The van der Waals surface area contributed by atoms with Crippen molar-refractivity contribution >= 4 is 11.6 Å². The van der Waals surface area contributed by atoms with Crippen LogP contribution < -0.4 is 4.90 Å². The highest BCUT2D eigenvalue weighted by Crippen LogP contribution is 2.51. The van der Waals surface area contributed by atoms with E-state index in [-0.39, 0.29) is 29.8 Å². The van der Waals surface area contributed by atoms with E-state index in [1.54, 1.807) is 65.6 Å². The lowest BCUT2D eigenvalue weighted by Gasteiger charge is -2.30. The largest absolute Gasteiger partial charge is 0.508 e. The summed E-state index contributed by atoms with van der Waals surface area (Å²) in [5, 5.41) is 19.7. The van der Waals surface area contributed by atoms with E-state index in [9.17, 15) is 19.4 Å². The predicted octanol–water partition coefficient (Wildman–Crippen LogP) is 5.12. The number of hydrogen-bond donors (Lipinski definition) is 2. The van der Waals surface area contributed by atoms with E-state index in [1.165, 1.54) is 12.1 Å². The zero-order valence-corrected chi connectivity index (χ0v) is 17.1. The van der Waals surface area contributed by atoms with E-state index in [0.717, 1.165) is 16.8 Å². The van der Waals surface area contributed by atoms with Crippen molar-refractivity contribution in [3.05, 3.63) is 125 Å². The van der Waals surface area contributed by atoms with Gasteiger partial charge in [0.05, 0.1) is 6.54 Å². The third-order valence-corrected chi connectivity index (χ3v) is 6.02. The molecule has 0 fully saturated rings. The number of fused-ring (bicyclic) bond motifs is 1. The molecule has 0 unspecified atom stereocenters. The van der Waals surface area contributed by atoms with Crippen LogP contribution in [-0.2, 0) is 16.8 Å². The van der Waals surface area contributed by atoms with Crippen molar-refractivity contribution in [1.29, 1.82) is 0 Å². The summed E-state index contributed by atoms with van der Waals surface area (Å²) >= 11 is 0. The fourth-order valence-corrected chi connectivity index (χ4v) is 4.53. The minimum Gasteiger partial charge on any atom is -0.508 e. The van der Waals surface area contributed by atoms with Gasteiger partial charge < -0.3 is 15.1 Å². The molecule has 4 aromatic rings. The first-order valence-electron chi connectivity index (χ1n) is 10.2. The maximum Gasteiger partial charge on any atom is 0.247 e. The van der Waals surface area contributed by atoms with Crippen LogP contribution in [0, 0.1) is 5.82 Å². The van der Waals surface area contributed by atoms with E-state index < -0.39 is 5.41 Å². The molecule has 1 amide bonds. The van der Waals surface area contributed by atoms with Crippen LogP contribution in [0.2, 0.25) is 0 Å². The maximum absolute atomic E-state index is 14.3. The molecule has 0 bridgehead atoms. The number of nitrogens with zero attached hydrogens (tertiary/aromatic N) is 1. The number of amides is 1. The summed E-state index contributed by atoms with van der Waals surface area (Å²) in [5.74, 6) is -0.267. The molecule has 0 spiro atoms. The second-order valence-electron chi connectivity index (χ2n) is 7.88. The van der Waals surface area contributed by atoms with Gasteiger partial charge in [-0.1, -0.05) is 54.6 Å². The fourth-order valence-electron chi connectivity index (χ4n) is 4.53. The number of para-hydroxylation sites is 1. The standard InChI is InChI=1S/C27H20FNO3/c28-21-11-5-18(6-12-21)17-29-25-4-2-1-3-24(25)27(26(29)32,19-7-13-22(30)14-8-19)20-9-15-23(31)16-10-20/h1-16,30-31H,17H2. The number of phenolic OH excluding ortho intramolecular Hbond substituents is 2. The van der Waals surface area contributed by atoms with Crippen LogP contribution in [-0.4, -0.2) is 16.1 Å². The topological polar surface area (TPSA) is 60.8 Å². The van der Waals surface area contributed by atoms with Crippen molar-refractivity contribution in [1.82, 2.24) is 0 Å². The van der Waals surface area contributed by atoms with E-state index in [0.29, 0.717) is 11.1 Å². The summed E-state index contributed by atoms with van der Waals surface area (Å²) in [5.41, 5.74) is 2.64. The molecule has 158 valence electrons. The molecule has 0 aromatic heterocycles. The van der Waals surface area contributed by atoms with Gasteiger partial charge in [0, 0.05) is 11.3 Å². The second-order valence-corrected chi connectivity index (χ2v) is 7.88. The van der Waals surface area contributed by atoms with Gasteiger partial charge in [0.25, 0.3) is 0 Å². The summed E-state index contributed by atoms with van der Waals surface area (Å²) < 4.78 is 13.4. The minimum absolute atomic E-state index is 0.108. The summed E-state index contributed by atoms with van der Waals surface area (Å²) in [4.78, 5) is 16.0. The molecule has 0 saturated carbocycles. The summed E-state index contributed by atoms with van der Waals surface area (Å²) in [6, 6.07) is 27.0. The average molecular weight is 425 g/mol. The molecule has 0 radical (unpaired) electrons. The van der Waals surface area contributed by atoms with Gasteiger partial charge in [0.1, 0.15) is 22.7 Å². The Morgan fingerprint density at radius 3 is 1.81 bits per heavy atom. The summed E-state index contributed by atoms with van der Waals surface area (Å²) in [6.45, 7) is 0.286. The van der Waals surface area contributed by atoms with Gasteiger partial charge >= 0.3 is 0 Å². The summed E-state index contributed by atoms with van der Waals surface area (Å²) in [7, 11) is 0. The summed E-state index contributed by atoms with van der Waals surface area (Å²) in [6.07, 6.45) is 0. The number of carbonyl (C=O) groups excluding carboxylic acids is 1. The van der Waals surface area contributed by atoms with Crippen LogP contribution in [0.3, 0.4) is 0 Å². The zero-order chi connectivity index (χ0) is 22.3. The molecule has 2 N–H and O–H groups in total. The Kier molecular flexibility index (Phi) is 4.67. The quantitative estimate of drug-likeness (QED) is 0.477. The predicted molar refractivity (Wildman–Crippen MR) is 120 cm³/mol. The van der Waals surface area contributed by atoms with E-state index >= 15 is 0 Å². The fraction of sp³-hybridized carbons (Fsp3) is 0.0741. The van der Waals surface area contributed by atoms with Gasteiger partial charge in [-0.3, -0.25) is 4.79 Å². The number of benzene rings is 4. The first-order valence-corrected chi connectivity index (χ1v) is 10.2. The molecule has 0 aliphatic carbocycles. The zero-order valence-electron chi connectivity index (χ0n) is 17.1. The third kappa shape index (κ3) is 3.02. The highest BCUT2D eigenvalue weighted by Gasteiger charge is 2.53. The SMILES string of the molecule is O=C1N(Cc2ccc(F)cc2)c2ccccc2C1(c1ccc(O)cc1)c1ccc(O)cc1. The Labute approximate surface area is 184 Å². The molecule has 1 aliphatic heterocycles. The van der Waals surface area contributed by atoms with Gasteiger partial charge in [-0.15, -0.1) is 0 Å². The number of carbonyl (C=O) groups is 1. The van der Waals surface area contributed by atoms with Crippen LogP contribution in [0.5, 0.6) is 11.5 Å². The molecule has 5 heteroatoms. The second kappa shape index (κ2) is 7.54. The van der Waals surface area contributed by atoms with Gasteiger partial charge in [-0.25, -0.2) is 4.39 Å². The number of aromatic hydroxyl groups is 2. The number of hydrogen-bond acceptors (Lipinski definition) is 3. The lowest BCUT2D eigenvalue weighted by atomic mass is 9.70. The highest BCUT2D eigenvalue weighted by atomic mass is 19.1. The molecule has 4 nitrogen and oxygen atoms in total. The van der Waals surface area contributed by atoms with Crippen molar-refractivity contribution in [3.63, 3.8) is 0 Å². The van der Waals surface area contributed by atoms with Crippen molar-refractivity contribution < 1.29 is 19.4 Å². The molecule has 32 heavy (non-hydrogen) atoms. The number of halogens is 1. The van der Waals surface area contributed by atoms with Crippen molar-refractivity contribution in [2.45, 2.75) is 12.0 Å². The minimum atomic E-state index is -1.15. The maximum atomic E-state index is 14.3. The Hall–Kier alpha value is -4.12. The van der Waals surface area contributed by atoms with Gasteiger partial charge in [0.2, 0.25) is 5.91 Å². The van der Waals surface area contributed by atoms with Gasteiger partial charge in [0.15, 0.2) is 0 Å². The molecule has 0 atom stereocenters. The van der Waals surface area contributed by atoms with E-state index in [4.69, 9.17) is 0 Å². The first-order chi connectivity index (χ1) is 15.5. The molecule has 5 rings (SSSR count). The van der Waals surface area contributed by atoms with Crippen LogP contribution in [0.1, 0.15) is 22.3 Å². The first kappa shape index (κ1) is 19.8. The van der Waals surface area contributed by atoms with Crippen molar-refractivity contribution in [2.75, 3.05) is 4.90 Å². The number of phenols is 2. The average Bonchev–Trinajstić information content (AvgIpc) is 3.05. The van der Waals surface area contributed by atoms with E-state index in [1.807, 2.05) is 24.3 Å². The number of anilines is 1.